The van der Waals surface area contributed by atoms with Gasteiger partial charge in [-0.25, -0.2) is 8.78 Å². The van der Waals surface area contributed by atoms with Crippen LogP contribution in [0.5, 0.6) is 0 Å². The summed E-state index contributed by atoms with van der Waals surface area (Å²) in [6.45, 7) is 6.83. The van der Waals surface area contributed by atoms with Gasteiger partial charge in [0, 0.05) is 6.61 Å². The second-order valence-electron chi connectivity index (χ2n) is 11.9. The van der Waals surface area contributed by atoms with E-state index < -0.39 is 11.6 Å². The van der Waals surface area contributed by atoms with Crippen LogP contribution in [0.2, 0.25) is 0 Å². The highest BCUT2D eigenvalue weighted by Crippen LogP contribution is 2.44. The van der Waals surface area contributed by atoms with Crippen LogP contribution in [0.1, 0.15) is 120 Å². The van der Waals surface area contributed by atoms with Crippen molar-refractivity contribution in [3.05, 3.63) is 47.5 Å². The Morgan fingerprint density at radius 2 is 1.46 bits per heavy atom. The fourth-order valence-electron chi connectivity index (χ4n) is 7.32. The summed E-state index contributed by atoms with van der Waals surface area (Å²) in [5.41, 5.74) is 1.14. The third-order valence-electron chi connectivity index (χ3n) is 9.62. The lowest BCUT2D eigenvalue weighted by Gasteiger charge is -2.38. The first kappa shape index (κ1) is 26.8. The van der Waals surface area contributed by atoms with E-state index in [-0.39, 0.29) is 5.92 Å². The van der Waals surface area contributed by atoms with E-state index >= 15 is 0 Å². The lowest BCUT2D eigenvalue weighted by atomic mass is 9.69. The second kappa shape index (κ2) is 13.4. The normalized spacial score (nSPS) is 31.9. The van der Waals surface area contributed by atoms with E-state index in [2.05, 4.69) is 12.7 Å². The molecule has 196 valence electrons. The fraction of sp³-hybridized carbons (Fsp3) is 0.750. The molecule has 3 heteroatoms. The van der Waals surface area contributed by atoms with Gasteiger partial charge >= 0.3 is 0 Å². The first-order valence-corrected chi connectivity index (χ1v) is 14.8. The van der Waals surface area contributed by atoms with E-state index in [1.165, 1.54) is 57.8 Å². The molecule has 0 amide bonds. The van der Waals surface area contributed by atoms with Gasteiger partial charge in [-0.3, -0.25) is 0 Å². The van der Waals surface area contributed by atoms with Crippen LogP contribution in [0, 0.1) is 35.3 Å². The zero-order valence-corrected chi connectivity index (χ0v) is 22.1. The monoisotopic (exact) mass is 486 g/mol. The molecule has 0 unspecified atom stereocenters. The number of hydrogen-bond acceptors (Lipinski definition) is 1. The molecule has 3 aliphatic carbocycles. The molecule has 0 N–H and O–H groups in total. The third kappa shape index (κ3) is 7.18. The minimum absolute atomic E-state index is 0.183. The number of halogens is 2. The van der Waals surface area contributed by atoms with Crippen molar-refractivity contribution in [2.45, 2.75) is 122 Å². The van der Waals surface area contributed by atoms with Gasteiger partial charge in [-0.1, -0.05) is 44.4 Å². The maximum atomic E-state index is 14.7. The van der Waals surface area contributed by atoms with Crippen molar-refractivity contribution in [1.82, 2.24) is 0 Å². The summed E-state index contributed by atoms with van der Waals surface area (Å²) < 4.78 is 35.6. The quantitative estimate of drug-likeness (QED) is 0.299. The largest absolute Gasteiger partial charge is 0.378 e. The molecule has 0 aliphatic heterocycles. The number of benzene rings is 1. The number of ether oxygens (including phenoxy) is 1. The van der Waals surface area contributed by atoms with E-state index in [4.69, 9.17) is 4.74 Å². The fourth-order valence-corrected chi connectivity index (χ4v) is 7.32. The predicted molar refractivity (Wildman–Crippen MR) is 142 cm³/mol. The van der Waals surface area contributed by atoms with E-state index in [1.807, 2.05) is 19.1 Å². The summed E-state index contributed by atoms with van der Waals surface area (Å²) in [5, 5.41) is 0. The molecule has 3 aliphatic rings. The van der Waals surface area contributed by atoms with Crippen LogP contribution in [0.4, 0.5) is 8.78 Å². The molecule has 1 aromatic carbocycles. The van der Waals surface area contributed by atoms with Crippen LogP contribution in [0.15, 0.2) is 24.8 Å². The Kier molecular flexibility index (Phi) is 10.2. The predicted octanol–water partition coefficient (Wildman–Crippen LogP) is 9.54. The SMILES string of the molecule is C=CCCC1CCC(COC2CCC(C3CCC(c4ccc(CCC)c(F)c4F)CC3)CC2)CC1. The number of hydrogen-bond donors (Lipinski definition) is 0. The summed E-state index contributed by atoms with van der Waals surface area (Å²) in [4.78, 5) is 0. The maximum absolute atomic E-state index is 14.7. The standard InChI is InChI=1S/C32H48F2O/c1-3-5-7-23-8-10-24(11-9-23)22-35-29-19-16-26(17-20-29)25-12-14-27(15-13-25)30-21-18-28(6-4-2)31(33)32(30)34/h3,18,21,23-27,29H,1,4-17,19-20,22H2,2H3. The van der Waals surface area contributed by atoms with Crippen molar-refractivity contribution in [2.24, 2.45) is 23.7 Å². The van der Waals surface area contributed by atoms with Crippen molar-refractivity contribution in [2.75, 3.05) is 6.61 Å². The molecular weight excluding hydrogens is 438 g/mol. The van der Waals surface area contributed by atoms with Crippen LogP contribution in [-0.4, -0.2) is 12.7 Å². The molecule has 0 radical (unpaired) electrons. The minimum Gasteiger partial charge on any atom is -0.378 e. The first-order valence-electron chi connectivity index (χ1n) is 14.8. The van der Waals surface area contributed by atoms with Crippen molar-refractivity contribution in [3.8, 4) is 0 Å². The molecule has 0 saturated heterocycles. The highest BCUT2D eigenvalue weighted by Gasteiger charge is 2.33. The molecule has 1 aromatic rings. The van der Waals surface area contributed by atoms with E-state index in [9.17, 15) is 8.78 Å². The van der Waals surface area contributed by atoms with E-state index in [1.54, 1.807) is 0 Å². The Morgan fingerprint density at radius 3 is 2.09 bits per heavy atom. The third-order valence-corrected chi connectivity index (χ3v) is 9.62. The van der Waals surface area contributed by atoms with Gasteiger partial charge in [-0.05, 0) is 124 Å². The summed E-state index contributed by atoms with van der Waals surface area (Å²) in [5.74, 6) is 2.22. The highest BCUT2D eigenvalue weighted by atomic mass is 19.2. The summed E-state index contributed by atoms with van der Waals surface area (Å²) >= 11 is 0. The van der Waals surface area contributed by atoms with Gasteiger partial charge in [-0.2, -0.15) is 0 Å². The Bertz CT molecular complexity index is 781. The molecule has 0 atom stereocenters. The Balaban J connectivity index is 1.15. The van der Waals surface area contributed by atoms with E-state index in [0.29, 0.717) is 23.7 Å². The molecule has 3 fully saturated rings. The lowest BCUT2D eigenvalue weighted by Crippen LogP contribution is -2.30. The number of allylic oxidation sites excluding steroid dienone is 1. The highest BCUT2D eigenvalue weighted by molar-refractivity contribution is 5.29. The molecule has 3 saturated carbocycles. The van der Waals surface area contributed by atoms with Crippen molar-refractivity contribution in [3.63, 3.8) is 0 Å². The lowest BCUT2D eigenvalue weighted by molar-refractivity contribution is -0.0165. The Labute approximate surface area is 213 Å². The molecule has 0 spiro atoms. The van der Waals surface area contributed by atoms with E-state index in [0.717, 1.165) is 68.8 Å². The van der Waals surface area contributed by atoms with Gasteiger partial charge in [0.15, 0.2) is 11.6 Å². The van der Waals surface area contributed by atoms with Crippen LogP contribution in [0.3, 0.4) is 0 Å². The van der Waals surface area contributed by atoms with Crippen LogP contribution < -0.4 is 0 Å². The maximum Gasteiger partial charge on any atom is 0.162 e. The minimum atomic E-state index is -0.606. The van der Waals surface area contributed by atoms with Gasteiger partial charge < -0.3 is 4.74 Å². The van der Waals surface area contributed by atoms with Crippen molar-refractivity contribution >= 4 is 0 Å². The molecule has 0 bridgehead atoms. The smallest absolute Gasteiger partial charge is 0.162 e. The van der Waals surface area contributed by atoms with Crippen LogP contribution >= 0.6 is 0 Å². The second-order valence-corrected chi connectivity index (χ2v) is 11.9. The summed E-state index contributed by atoms with van der Waals surface area (Å²) in [6.07, 6.45) is 21.2. The molecule has 1 nitrogen and oxygen atoms in total. The van der Waals surface area contributed by atoms with Gasteiger partial charge in [0.2, 0.25) is 0 Å². The van der Waals surface area contributed by atoms with Gasteiger partial charge in [0.25, 0.3) is 0 Å². The average molecular weight is 487 g/mol. The summed E-state index contributed by atoms with van der Waals surface area (Å²) in [6, 6.07) is 3.68. The topological polar surface area (TPSA) is 9.23 Å². The average Bonchev–Trinajstić information content (AvgIpc) is 2.90. The molecule has 0 heterocycles. The molecular formula is C32H48F2O. The number of rotatable bonds is 10. The Morgan fingerprint density at radius 1 is 0.829 bits per heavy atom. The van der Waals surface area contributed by atoms with Crippen molar-refractivity contribution < 1.29 is 13.5 Å². The molecule has 4 rings (SSSR count). The van der Waals surface area contributed by atoms with Gasteiger partial charge in [0.05, 0.1) is 6.10 Å². The molecule has 35 heavy (non-hydrogen) atoms. The first-order chi connectivity index (χ1) is 17.1. The zero-order chi connectivity index (χ0) is 24.6. The Hall–Kier alpha value is -1.22. The summed E-state index contributed by atoms with van der Waals surface area (Å²) in [7, 11) is 0. The van der Waals surface area contributed by atoms with Crippen LogP contribution in [0.25, 0.3) is 0 Å². The van der Waals surface area contributed by atoms with Crippen molar-refractivity contribution in [1.29, 1.82) is 0 Å². The molecule has 0 aromatic heterocycles. The van der Waals surface area contributed by atoms with Crippen LogP contribution in [-0.2, 0) is 11.2 Å². The number of aryl methyl sites for hydroxylation is 1. The van der Waals surface area contributed by atoms with Gasteiger partial charge in [0.1, 0.15) is 0 Å². The van der Waals surface area contributed by atoms with Gasteiger partial charge in [-0.15, -0.1) is 6.58 Å². The zero-order valence-electron chi connectivity index (χ0n) is 22.1.